The van der Waals surface area contributed by atoms with Gasteiger partial charge in [0.2, 0.25) is 0 Å². The van der Waals surface area contributed by atoms with Crippen LogP contribution in [0.1, 0.15) is 13.8 Å². The fourth-order valence-electron chi connectivity index (χ4n) is 10.1. The van der Waals surface area contributed by atoms with Gasteiger partial charge in [-0.15, -0.1) is 0 Å². The fraction of sp³-hybridized carbons (Fsp3) is 0.0303. The summed E-state index contributed by atoms with van der Waals surface area (Å²) >= 11 is 0. The maximum absolute atomic E-state index is 6.15. The Balaban J connectivity index is 0.00000243. The molecule has 0 radical (unpaired) electrons. The third kappa shape index (κ3) is 7.51. The second-order valence-electron chi connectivity index (χ2n) is 17.3. The lowest BCUT2D eigenvalue weighted by Gasteiger charge is -2.26. The molecule has 11 aromatic carbocycles. The maximum atomic E-state index is 6.15. The SMILES string of the molecule is CC.c1cc(-c2ccc(N(c3ccc(-c4cccc(-n5c6ccccc6c6ccccc65)c4)cc3)c3ccc(-c4ccc5oc6ccccc6c5c4)cc3)cc2)cc(-c2cccc3ccccc23)c1. The highest BCUT2D eigenvalue weighted by atomic mass is 16.3. The predicted octanol–water partition coefficient (Wildman–Crippen LogP) is 19.0. The predicted molar refractivity (Wildman–Crippen MR) is 293 cm³/mol. The molecule has 328 valence electrons. The van der Waals surface area contributed by atoms with Crippen molar-refractivity contribution in [2.45, 2.75) is 13.8 Å². The maximum Gasteiger partial charge on any atom is 0.135 e. The Morgan fingerprint density at radius 1 is 0.304 bits per heavy atom. The topological polar surface area (TPSA) is 21.3 Å². The first-order chi connectivity index (χ1) is 34.2. The van der Waals surface area contributed by atoms with Gasteiger partial charge in [0, 0.05) is 44.3 Å². The van der Waals surface area contributed by atoms with Crippen molar-refractivity contribution < 1.29 is 4.42 Å². The number of aromatic nitrogens is 1. The molecule has 0 aliphatic carbocycles. The molecule has 0 N–H and O–H groups in total. The molecule has 0 saturated heterocycles. The van der Waals surface area contributed by atoms with Crippen molar-refractivity contribution in [2.24, 2.45) is 0 Å². The summed E-state index contributed by atoms with van der Waals surface area (Å²) in [7, 11) is 0. The molecule has 3 nitrogen and oxygen atoms in total. The van der Waals surface area contributed by atoms with Crippen LogP contribution in [0.15, 0.2) is 259 Å². The number of hydrogen-bond donors (Lipinski definition) is 0. The molecule has 0 saturated carbocycles. The first-order valence-corrected chi connectivity index (χ1v) is 23.9. The van der Waals surface area contributed by atoms with Crippen LogP contribution in [0.3, 0.4) is 0 Å². The van der Waals surface area contributed by atoms with Crippen molar-refractivity contribution in [3.63, 3.8) is 0 Å². The number of benzene rings is 11. The number of rotatable bonds is 8. The normalized spacial score (nSPS) is 11.3. The zero-order chi connectivity index (χ0) is 46.3. The first kappa shape index (κ1) is 41.5. The molecular weight excluding hydrogens is 837 g/mol. The third-order valence-corrected chi connectivity index (χ3v) is 13.4. The lowest BCUT2D eigenvalue weighted by atomic mass is 9.95. The Labute approximate surface area is 402 Å². The van der Waals surface area contributed by atoms with E-state index in [4.69, 9.17) is 4.42 Å². The van der Waals surface area contributed by atoms with E-state index in [9.17, 15) is 0 Å². The van der Waals surface area contributed by atoms with Crippen molar-refractivity contribution >= 4 is 71.6 Å². The molecule has 3 heteroatoms. The van der Waals surface area contributed by atoms with Crippen LogP contribution in [0.25, 0.3) is 105 Å². The van der Waals surface area contributed by atoms with E-state index in [2.05, 4.69) is 252 Å². The van der Waals surface area contributed by atoms with E-state index in [1.807, 2.05) is 26.0 Å². The highest BCUT2D eigenvalue weighted by Crippen LogP contribution is 2.40. The molecule has 0 spiro atoms. The summed E-state index contributed by atoms with van der Waals surface area (Å²) in [6.45, 7) is 4.00. The smallest absolute Gasteiger partial charge is 0.135 e. The Kier molecular flexibility index (Phi) is 10.7. The number of anilines is 3. The van der Waals surface area contributed by atoms with Gasteiger partial charge in [-0.25, -0.2) is 0 Å². The summed E-state index contributed by atoms with van der Waals surface area (Å²) in [6.07, 6.45) is 0. The lowest BCUT2D eigenvalue weighted by molar-refractivity contribution is 0.669. The first-order valence-electron chi connectivity index (χ1n) is 23.9. The monoisotopic (exact) mass is 884 g/mol. The summed E-state index contributed by atoms with van der Waals surface area (Å²) in [5.74, 6) is 0. The van der Waals surface area contributed by atoms with Crippen LogP contribution in [0.5, 0.6) is 0 Å². The number of hydrogen-bond acceptors (Lipinski definition) is 2. The van der Waals surface area contributed by atoms with Crippen LogP contribution in [0, 0.1) is 0 Å². The van der Waals surface area contributed by atoms with Gasteiger partial charge < -0.3 is 13.9 Å². The van der Waals surface area contributed by atoms with E-state index in [0.29, 0.717) is 0 Å². The van der Waals surface area contributed by atoms with Gasteiger partial charge in [0.25, 0.3) is 0 Å². The minimum Gasteiger partial charge on any atom is -0.456 e. The Morgan fingerprint density at radius 3 is 1.39 bits per heavy atom. The zero-order valence-corrected chi connectivity index (χ0v) is 38.6. The summed E-state index contributed by atoms with van der Waals surface area (Å²) in [4.78, 5) is 2.35. The Hall–Kier alpha value is -8.92. The van der Waals surface area contributed by atoms with E-state index in [0.717, 1.165) is 61.4 Å². The van der Waals surface area contributed by atoms with E-state index in [1.165, 1.54) is 60.4 Å². The molecule has 0 atom stereocenters. The Morgan fingerprint density at radius 2 is 0.754 bits per heavy atom. The van der Waals surface area contributed by atoms with E-state index in [-0.39, 0.29) is 0 Å². The molecule has 2 aromatic heterocycles. The highest BCUT2D eigenvalue weighted by molar-refractivity contribution is 6.09. The molecule has 13 rings (SSSR count). The van der Waals surface area contributed by atoms with E-state index in [1.54, 1.807) is 0 Å². The minimum atomic E-state index is 0.901. The molecule has 0 aliphatic heterocycles. The van der Waals surface area contributed by atoms with Crippen LogP contribution >= 0.6 is 0 Å². The van der Waals surface area contributed by atoms with Crippen molar-refractivity contribution in [3.05, 3.63) is 255 Å². The van der Waals surface area contributed by atoms with Crippen LogP contribution in [-0.2, 0) is 0 Å². The summed E-state index contributed by atoms with van der Waals surface area (Å²) in [6, 6.07) is 92.0. The number of furan rings is 1. The second kappa shape index (κ2) is 17.7. The largest absolute Gasteiger partial charge is 0.456 e. The van der Waals surface area contributed by atoms with Gasteiger partial charge in [-0.05, 0) is 140 Å². The fourth-order valence-corrected chi connectivity index (χ4v) is 10.1. The van der Waals surface area contributed by atoms with Crippen LogP contribution < -0.4 is 4.90 Å². The van der Waals surface area contributed by atoms with Gasteiger partial charge in [0.05, 0.1) is 11.0 Å². The van der Waals surface area contributed by atoms with Gasteiger partial charge in [-0.1, -0.05) is 184 Å². The highest BCUT2D eigenvalue weighted by Gasteiger charge is 2.17. The molecular formula is C66H48N2O. The number of para-hydroxylation sites is 3. The van der Waals surface area contributed by atoms with Crippen molar-refractivity contribution in [2.75, 3.05) is 4.90 Å². The number of nitrogens with zero attached hydrogens (tertiary/aromatic N) is 2. The Bertz CT molecular complexity index is 3910. The van der Waals surface area contributed by atoms with Crippen molar-refractivity contribution in [1.29, 1.82) is 0 Å². The molecule has 69 heavy (non-hydrogen) atoms. The van der Waals surface area contributed by atoms with Gasteiger partial charge in [-0.2, -0.15) is 0 Å². The van der Waals surface area contributed by atoms with Crippen molar-refractivity contribution in [3.8, 4) is 50.2 Å². The molecule has 0 aliphatic rings. The van der Waals surface area contributed by atoms with Crippen LogP contribution in [0.2, 0.25) is 0 Å². The van der Waals surface area contributed by atoms with Gasteiger partial charge in [-0.3, -0.25) is 0 Å². The lowest BCUT2D eigenvalue weighted by Crippen LogP contribution is -2.09. The number of fused-ring (bicyclic) bond motifs is 7. The van der Waals surface area contributed by atoms with Crippen LogP contribution in [0.4, 0.5) is 17.1 Å². The van der Waals surface area contributed by atoms with Gasteiger partial charge in [0.1, 0.15) is 11.2 Å². The molecule has 0 unspecified atom stereocenters. The molecule has 0 bridgehead atoms. The van der Waals surface area contributed by atoms with Crippen molar-refractivity contribution in [1.82, 2.24) is 4.57 Å². The summed E-state index contributed by atoms with van der Waals surface area (Å²) < 4.78 is 8.53. The minimum absolute atomic E-state index is 0.901. The molecule has 0 amide bonds. The van der Waals surface area contributed by atoms with Gasteiger partial charge >= 0.3 is 0 Å². The van der Waals surface area contributed by atoms with E-state index >= 15 is 0 Å². The molecule has 2 heterocycles. The second-order valence-corrected chi connectivity index (χ2v) is 17.3. The summed E-state index contributed by atoms with van der Waals surface area (Å²) in [5, 5.41) is 7.29. The third-order valence-electron chi connectivity index (χ3n) is 13.4. The summed E-state index contributed by atoms with van der Waals surface area (Å²) in [5.41, 5.74) is 18.0. The molecule has 13 aromatic rings. The average molecular weight is 885 g/mol. The van der Waals surface area contributed by atoms with Gasteiger partial charge in [0.15, 0.2) is 0 Å². The van der Waals surface area contributed by atoms with E-state index < -0.39 is 0 Å². The zero-order valence-electron chi connectivity index (χ0n) is 38.6. The quantitative estimate of drug-likeness (QED) is 0.152. The standard InChI is InChI=1S/C64H42N2O.C2H6/c1-2-18-55-46(12-1)13-11-22-56(55)50-16-9-14-47(40-50)43-26-33-51(34-27-43)65(53-37-30-45(31-38-53)49-32-39-64-60(42-49)59-21-5-8-25-63(59)67-64)52-35-28-44(29-36-52)48-15-10-17-54(41-48)66-61-23-6-3-19-57(61)58-20-4-7-24-62(58)66;1-2/h1-42H;1-2H3. The molecule has 0 fully saturated rings. The van der Waals surface area contributed by atoms with Crippen LogP contribution in [-0.4, -0.2) is 4.57 Å². The average Bonchev–Trinajstić information content (AvgIpc) is 3.98.